The smallest absolute Gasteiger partial charge is 0.173 e. The van der Waals surface area contributed by atoms with Gasteiger partial charge in [0.2, 0.25) is 0 Å². The van der Waals surface area contributed by atoms with Crippen LogP contribution in [-0.2, 0) is 11.4 Å². The Morgan fingerprint density at radius 2 is 1.96 bits per heavy atom. The number of carbonyl (C=O) groups is 1. The highest BCUT2D eigenvalue weighted by Gasteiger charge is 2.31. The fourth-order valence-corrected chi connectivity index (χ4v) is 3.91. The minimum atomic E-state index is -0.285. The highest BCUT2D eigenvalue weighted by atomic mass is 35.5. The monoisotopic (exact) mass is 414 g/mol. The van der Waals surface area contributed by atoms with Crippen molar-refractivity contribution in [2.45, 2.75) is 33.4 Å². The maximum atomic E-state index is 12.4. The Kier molecular flexibility index (Phi) is 6.37. The van der Waals surface area contributed by atoms with E-state index in [1.807, 2.05) is 67.3 Å². The molecule has 0 spiro atoms. The van der Waals surface area contributed by atoms with E-state index in [4.69, 9.17) is 28.6 Å². The molecule has 0 aromatic heterocycles. The molecule has 0 bridgehead atoms. The van der Waals surface area contributed by atoms with E-state index in [0.29, 0.717) is 23.3 Å². The average molecular weight is 415 g/mol. The van der Waals surface area contributed by atoms with Gasteiger partial charge in [-0.05, 0) is 68.4 Å². The first-order valence-corrected chi connectivity index (χ1v) is 9.96. The summed E-state index contributed by atoms with van der Waals surface area (Å²) in [4.78, 5) is 14.3. The second-order valence-electron chi connectivity index (χ2n) is 6.67. The third kappa shape index (κ3) is 4.37. The van der Waals surface area contributed by atoms with Crippen molar-refractivity contribution in [1.82, 2.24) is 10.2 Å². The molecule has 1 unspecified atom stereocenters. The van der Waals surface area contributed by atoms with Crippen LogP contribution < -0.4 is 10.1 Å². The van der Waals surface area contributed by atoms with Crippen molar-refractivity contribution in [2.24, 2.45) is 0 Å². The van der Waals surface area contributed by atoms with Gasteiger partial charge >= 0.3 is 0 Å². The Hall–Kier alpha value is -2.37. The van der Waals surface area contributed by atoms with E-state index in [1.54, 1.807) is 6.92 Å². The van der Waals surface area contributed by atoms with E-state index < -0.39 is 0 Å². The molecular formula is C22H23ClN2O2S. The Morgan fingerprint density at radius 1 is 1.25 bits per heavy atom. The van der Waals surface area contributed by atoms with Crippen LogP contribution in [0.25, 0.3) is 0 Å². The van der Waals surface area contributed by atoms with E-state index in [-0.39, 0.29) is 11.8 Å². The summed E-state index contributed by atoms with van der Waals surface area (Å²) in [6.07, 6.45) is 0. The molecule has 6 heteroatoms. The molecule has 1 N–H and O–H groups in total. The van der Waals surface area contributed by atoms with Gasteiger partial charge in [0.05, 0.1) is 6.04 Å². The number of hydrogen-bond acceptors (Lipinski definition) is 3. The predicted octanol–water partition coefficient (Wildman–Crippen LogP) is 5.03. The minimum Gasteiger partial charge on any atom is -0.489 e. The number of ketones is 1. The van der Waals surface area contributed by atoms with E-state index in [2.05, 4.69) is 5.32 Å². The minimum absolute atomic E-state index is 0.0310. The van der Waals surface area contributed by atoms with Crippen molar-refractivity contribution in [2.75, 3.05) is 6.54 Å². The van der Waals surface area contributed by atoms with Gasteiger partial charge in [-0.3, -0.25) is 4.79 Å². The molecule has 28 heavy (non-hydrogen) atoms. The summed E-state index contributed by atoms with van der Waals surface area (Å²) >= 11 is 11.4. The lowest BCUT2D eigenvalue weighted by Crippen LogP contribution is -2.47. The number of hydrogen-bond donors (Lipinski definition) is 1. The summed E-state index contributed by atoms with van der Waals surface area (Å²) in [7, 11) is 0. The van der Waals surface area contributed by atoms with Gasteiger partial charge in [0, 0.05) is 22.8 Å². The van der Waals surface area contributed by atoms with Crippen LogP contribution in [0.3, 0.4) is 0 Å². The molecule has 2 aromatic carbocycles. The standard InChI is InChI=1S/C22H23ClN2O2S/c1-4-25-14(2)20(15(3)26)21(24-22(25)28)17-6-5-7-19(12-17)27-13-16-8-10-18(23)11-9-16/h5-12,21H,4,13H2,1-3H3,(H,24,28). The van der Waals surface area contributed by atoms with Crippen molar-refractivity contribution in [3.8, 4) is 5.75 Å². The molecule has 146 valence electrons. The Balaban J connectivity index is 1.85. The Bertz CT molecular complexity index is 924. The largest absolute Gasteiger partial charge is 0.489 e. The van der Waals surface area contributed by atoms with Crippen LogP contribution in [0, 0.1) is 0 Å². The summed E-state index contributed by atoms with van der Waals surface area (Å²) in [5.74, 6) is 0.766. The van der Waals surface area contributed by atoms with Crippen LogP contribution in [0.5, 0.6) is 5.75 Å². The van der Waals surface area contributed by atoms with Gasteiger partial charge in [0.25, 0.3) is 0 Å². The molecule has 2 aromatic rings. The number of rotatable bonds is 6. The molecule has 4 nitrogen and oxygen atoms in total. The van der Waals surface area contributed by atoms with Crippen LogP contribution in [0.1, 0.15) is 37.9 Å². The highest BCUT2D eigenvalue weighted by Crippen LogP contribution is 2.32. The number of carbonyl (C=O) groups excluding carboxylic acids is 1. The molecule has 3 rings (SSSR count). The highest BCUT2D eigenvalue weighted by molar-refractivity contribution is 7.80. The molecule has 0 amide bonds. The zero-order chi connectivity index (χ0) is 20.3. The average Bonchev–Trinajstić information content (AvgIpc) is 2.67. The number of thiocarbonyl (C=S) groups is 1. The summed E-state index contributed by atoms with van der Waals surface area (Å²) < 4.78 is 5.94. The lowest BCUT2D eigenvalue weighted by atomic mass is 9.92. The second-order valence-corrected chi connectivity index (χ2v) is 7.49. The number of allylic oxidation sites excluding steroid dienone is 1. The van der Waals surface area contributed by atoms with Gasteiger partial charge in [0.1, 0.15) is 12.4 Å². The fraction of sp³-hybridized carbons (Fsp3) is 0.273. The van der Waals surface area contributed by atoms with Crippen LogP contribution in [0.4, 0.5) is 0 Å². The Morgan fingerprint density at radius 3 is 2.61 bits per heavy atom. The van der Waals surface area contributed by atoms with Crippen LogP contribution >= 0.6 is 23.8 Å². The maximum Gasteiger partial charge on any atom is 0.173 e. The number of benzene rings is 2. The van der Waals surface area contributed by atoms with Crippen LogP contribution in [-0.4, -0.2) is 22.3 Å². The van der Waals surface area contributed by atoms with Crippen molar-refractivity contribution in [3.05, 3.63) is 76.0 Å². The topological polar surface area (TPSA) is 41.6 Å². The quantitative estimate of drug-likeness (QED) is 0.671. The summed E-state index contributed by atoms with van der Waals surface area (Å²) in [5.41, 5.74) is 3.60. The number of nitrogens with one attached hydrogen (secondary N) is 1. The second kappa shape index (κ2) is 8.76. The third-order valence-corrected chi connectivity index (χ3v) is 5.39. The van der Waals surface area contributed by atoms with E-state index in [1.165, 1.54) is 0 Å². The molecule has 0 saturated heterocycles. The number of Topliss-reactive ketones (excluding diaryl/α,β-unsaturated/α-hetero) is 1. The lowest BCUT2D eigenvalue weighted by molar-refractivity contribution is -0.114. The molecule has 1 aliphatic rings. The number of ether oxygens (including phenoxy) is 1. The van der Waals surface area contributed by atoms with Crippen molar-refractivity contribution in [3.63, 3.8) is 0 Å². The van der Waals surface area contributed by atoms with E-state index in [0.717, 1.165) is 28.1 Å². The molecule has 0 aliphatic carbocycles. The van der Waals surface area contributed by atoms with Gasteiger partial charge in [-0.2, -0.15) is 0 Å². The zero-order valence-corrected chi connectivity index (χ0v) is 17.7. The SMILES string of the molecule is CCN1C(=S)NC(c2cccc(OCc3ccc(Cl)cc3)c2)C(C(C)=O)=C1C. The van der Waals surface area contributed by atoms with Crippen molar-refractivity contribution in [1.29, 1.82) is 0 Å². The van der Waals surface area contributed by atoms with Gasteiger partial charge in [0.15, 0.2) is 10.9 Å². The Labute approximate surface area is 176 Å². The summed E-state index contributed by atoms with van der Waals surface area (Å²) in [6, 6.07) is 15.0. The predicted molar refractivity (Wildman–Crippen MR) is 116 cm³/mol. The van der Waals surface area contributed by atoms with Gasteiger partial charge in [-0.1, -0.05) is 35.9 Å². The first-order valence-electron chi connectivity index (χ1n) is 9.17. The van der Waals surface area contributed by atoms with Crippen LogP contribution in [0.15, 0.2) is 59.8 Å². The fourth-order valence-electron chi connectivity index (χ4n) is 3.40. The molecular weight excluding hydrogens is 392 g/mol. The normalized spacial score (nSPS) is 16.8. The van der Waals surface area contributed by atoms with Crippen molar-refractivity contribution >= 4 is 34.7 Å². The molecule has 1 atom stereocenters. The van der Waals surface area contributed by atoms with E-state index in [9.17, 15) is 4.79 Å². The maximum absolute atomic E-state index is 12.4. The summed E-state index contributed by atoms with van der Waals surface area (Å²) in [6.45, 7) is 6.71. The van der Waals surface area contributed by atoms with Gasteiger partial charge < -0.3 is 15.0 Å². The van der Waals surface area contributed by atoms with Gasteiger partial charge in [-0.25, -0.2) is 0 Å². The van der Waals surface area contributed by atoms with Gasteiger partial charge in [-0.15, -0.1) is 0 Å². The number of halogens is 1. The summed E-state index contributed by atoms with van der Waals surface area (Å²) in [5, 5.41) is 4.64. The molecule has 0 saturated carbocycles. The lowest BCUT2D eigenvalue weighted by Gasteiger charge is -2.37. The molecule has 0 radical (unpaired) electrons. The number of nitrogens with zero attached hydrogens (tertiary/aromatic N) is 1. The van der Waals surface area contributed by atoms with E-state index >= 15 is 0 Å². The molecule has 1 heterocycles. The van der Waals surface area contributed by atoms with Crippen molar-refractivity contribution < 1.29 is 9.53 Å². The zero-order valence-electron chi connectivity index (χ0n) is 16.2. The molecule has 1 aliphatic heterocycles. The first kappa shape index (κ1) is 20.4. The third-order valence-electron chi connectivity index (χ3n) is 4.80. The molecule has 0 fully saturated rings. The first-order chi connectivity index (χ1) is 13.4. The van der Waals surface area contributed by atoms with Crippen LogP contribution in [0.2, 0.25) is 5.02 Å².